The van der Waals surface area contributed by atoms with E-state index in [1.165, 1.54) is 60.8 Å². The molecule has 41 heavy (non-hydrogen) atoms. The first-order valence-electron chi connectivity index (χ1n) is 14.2. The summed E-state index contributed by atoms with van der Waals surface area (Å²) in [4.78, 5) is 5.21. The Labute approximate surface area is 239 Å². The van der Waals surface area contributed by atoms with E-state index in [4.69, 9.17) is 4.99 Å². The maximum absolute atomic E-state index is 5.21. The molecule has 0 fully saturated rings. The maximum Gasteiger partial charge on any atom is 0.0674 e. The molecule has 0 saturated heterocycles. The zero-order chi connectivity index (χ0) is 27.3. The summed E-state index contributed by atoms with van der Waals surface area (Å²) in [5, 5.41) is 2.56. The van der Waals surface area contributed by atoms with Gasteiger partial charge in [0.25, 0.3) is 0 Å². The summed E-state index contributed by atoms with van der Waals surface area (Å²) >= 11 is 0. The third-order valence-electron chi connectivity index (χ3n) is 8.42. The number of benzene rings is 6. The van der Waals surface area contributed by atoms with Crippen LogP contribution in [0, 0.1) is 0 Å². The van der Waals surface area contributed by atoms with Crippen LogP contribution in [0.15, 0.2) is 145 Å². The first kappa shape index (κ1) is 23.7. The molecular weight excluding hydrogens is 496 g/mol. The number of hydrogen-bond donors (Lipinski definition) is 0. The average Bonchev–Trinajstić information content (AvgIpc) is 3.38. The molecule has 2 heteroatoms. The molecule has 0 aliphatic carbocycles. The SMILES string of the molecule is CC1=Nc2cc(-c3ccc(-n4c5ccccc5c5ccccc54)cc3)ccc2Cc2ccccc2-c2ccccc21. The average molecular weight is 525 g/mol. The van der Waals surface area contributed by atoms with Gasteiger partial charge in [-0.15, -0.1) is 0 Å². The topological polar surface area (TPSA) is 17.3 Å². The second kappa shape index (κ2) is 9.46. The normalized spacial score (nSPS) is 12.6. The van der Waals surface area contributed by atoms with Crippen molar-refractivity contribution in [3.63, 3.8) is 0 Å². The number of rotatable bonds is 2. The van der Waals surface area contributed by atoms with Crippen LogP contribution in [0.4, 0.5) is 5.69 Å². The first-order valence-corrected chi connectivity index (χ1v) is 14.2. The van der Waals surface area contributed by atoms with E-state index in [2.05, 4.69) is 151 Å². The molecule has 0 amide bonds. The zero-order valence-electron chi connectivity index (χ0n) is 22.9. The van der Waals surface area contributed by atoms with Crippen molar-refractivity contribution in [3.8, 4) is 27.9 Å². The lowest BCUT2D eigenvalue weighted by atomic mass is 9.91. The Morgan fingerprint density at radius 1 is 0.512 bits per heavy atom. The number of aromatic nitrogens is 1. The van der Waals surface area contributed by atoms with E-state index in [9.17, 15) is 0 Å². The Kier molecular flexibility index (Phi) is 5.46. The number of nitrogens with zero attached hydrogens (tertiary/aromatic N) is 2. The Balaban J connectivity index is 1.23. The molecule has 7 aromatic rings. The van der Waals surface area contributed by atoms with Gasteiger partial charge in [0, 0.05) is 34.2 Å². The van der Waals surface area contributed by atoms with Gasteiger partial charge in [-0.05, 0) is 70.6 Å². The molecule has 0 unspecified atom stereocenters. The fourth-order valence-electron chi connectivity index (χ4n) is 6.42. The zero-order valence-corrected chi connectivity index (χ0v) is 22.9. The summed E-state index contributed by atoms with van der Waals surface area (Å²) < 4.78 is 2.36. The third-order valence-corrected chi connectivity index (χ3v) is 8.42. The van der Waals surface area contributed by atoms with Crippen LogP contribution in [0.3, 0.4) is 0 Å². The maximum atomic E-state index is 5.21. The van der Waals surface area contributed by atoms with E-state index >= 15 is 0 Å². The molecule has 0 bridgehead atoms. The van der Waals surface area contributed by atoms with Gasteiger partial charge in [-0.25, -0.2) is 0 Å². The fraction of sp³-hybridized carbons (Fsp3) is 0.0513. The minimum Gasteiger partial charge on any atom is -0.309 e. The Morgan fingerprint density at radius 2 is 1.10 bits per heavy atom. The Hall–Kier alpha value is -5.21. The van der Waals surface area contributed by atoms with Crippen molar-refractivity contribution in [3.05, 3.63) is 156 Å². The van der Waals surface area contributed by atoms with Gasteiger partial charge in [-0.1, -0.05) is 109 Å². The Bertz CT molecular complexity index is 2070. The van der Waals surface area contributed by atoms with Crippen LogP contribution in [-0.2, 0) is 6.42 Å². The summed E-state index contributed by atoms with van der Waals surface area (Å²) in [6.07, 6.45) is 0.851. The van der Waals surface area contributed by atoms with Crippen LogP contribution in [0.25, 0.3) is 49.7 Å². The first-order chi connectivity index (χ1) is 20.2. The molecule has 1 aliphatic rings. The predicted octanol–water partition coefficient (Wildman–Crippen LogP) is 10.2. The van der Waals surface area contributed by atoms with E-state index in [-0.39, 0.29) is 0 Å². The summed E-state index contributed by atoms with van der Waals surface area (Å²) in [7, 11) is 0. The van der Waals surface area contributed by atoms with Crippen molar-refractivity contribution in [2.24, 2.45) is 4.99 Å². The van der Waals surface area contributed by atoms with Crippen LogP contribution < -0.4 is 0 Å². The van der Waals surface area contributed by atoms with E-state index in [1.807, 2.05) is 0 Å². The standard InChI is InChI=1S/C39H28N2/c1-26-32-11-4-5-13-34(32)33-12-3-2-10-29(33)24-30-19-18-28(25-37(30)40-26)27-20-22-31(23-21-27)41-38-16-8-6-14-35(38)36-15-7-9-17-39(36)41/h2-23,25H,24H2,1H3. The summed E-state index contributed by atoms with van der Waals surface area (Å²) in [5.74, 6) is 0. The largest absolute Gasteiger partial charge is 0.309 e. The molecular formula is C39H28N2. The summed E-state index contributed by atoms with van der Waals surface area (Å²) in [6.45, 7) is 2.13. The van der Waals surface area contributed by atoms with E-state index in [0.29, 0.717) is 0 Å². The van der Waals surface area contributed by atoms with Gasteiger partial charge >= 0.3 is 0 Å². The predicted molar refractivity (Wildman–Crippen MR) is 173 cm³/mol. The molecule has 1 aliphatic heterocycles. The highest BCUT2D eigenvalue weighted by atomic mass is 15.0. The van der Waals surface area contributed by atoms with Gasteiger partial charge < -0.3 is 4.57 Å². The molecule has 194 valence electrons. The fourth-order valence-corrected chi connectivity index (χ4v) is 6.42. The number of aliphatic imine (C=N–C) groups is 1. The van der Waals surface area contributed by atoms with E-state index in [0.717, 1.165) is 23.5 Å². The lowest BCUT2D eigenvalue weighted by Crippen LogP contribution is -1.98. The second-order valence-electron chi connectivity index (χ2n) is 10.8. The molecule has 8 rings (SSSR count). The van der Waals surface area contributed by atoms with Crippen molar-refractivity contribution in [1.82, 2.24) is 4.57 Å². The van der Waals surface area contributed by atoms with E-state index < -0.39 is 0 Å². The molecule has 0 N–H and O–H groups in total. The van der Waals surface area contributed by atoms with Crippen molar-refractivity contribution in [2.45, 2.75) is 13.3 Å². The van der Waals surface area contributed by atoms with Crippen molar-refractivity contribution < 1.29 is 0 Å². The van der Waals surface area contributed by atoms with Crippen LogP contribution in [0.1, 0.15) is 23.6 Å². The number of hydrogen-bond acceptors (Lipinski definition) is 1. The summed E-state index contributed by atoms with van der Waals surface area (Å²) in [5.41, 5.74) is 14.4. The number of para-hydroxylation sites is 2. The molecule has 0 saturated carbocycles. The van der Waals surface area contributed by atoms with Crippen molar-refractivity contribution in [1.29, 1.82) is 0 Å². The molecule has 0 atom stereocenters. The van der Waals surface area contributed by atoms with Crippen LogP contribution >= 0.6 is 0 Å². The highest BCUT2D eigenvalue weighted by Crippen LogP contribution is 2.37. The molecule has 2 nitrogen and oxygen atoms in total. The van der Waals surface area contributed by atoms with Crippen molar-refractivity contribution >= 4 is 33.2 Å². The van der Waals surface area contributed by atoms with Gasteiger partial charge in [0.1, 0.15) is 0 Å². The monoisotopic (exact) mass is 524 g/mol. The number of fused-ring (bicyclic) bond motifs is 7. The summed E-state index contributed by atoms with van der Waals surface area (Å²) in [6, 6.07) is 50.4. The lowest BCUT2D eigenvalue weighted by Gasteiger charge is -2.13. The Morgan fingerprint density at radius 3 is 1.83 bits per heavy atom. The minimum atomic E-state index is 0.851. The highest BCUT2D eigenvalue weighted by Gasteiger charge is 2.17. The van der Waals surface area contributed by atoms with Gasteiger partial charge in [0.2, 0.25) is 0 Å². The molecule has 2 heterocycles. The van der Waals surface area contributed by atoms with Gasteiger partial charge in [0.15, 0.2) is 0 Å². The van der Waals surface area contributed by atoms with E-state index in [1.54, 1.807) is 0 Å². The van der Waals surface area contributed by atoms with Crippen molar-refractivity contribution in [2.75, 3.05) is 0 Å². The molecule has 6 aromatic carbocycles. The minimum absolute atomic E-state index is 0.851. The molecule has 0 spiro atoms. The van der Waals surface area contributed by atoms with Gasteiger partial charge in [0.05, 0.1) is 16.7 Å². The van der Waals surface area contributed by atoms with Crippen LogP contribution in [-0.4, -0.2) is 10.3 Å². The smallest absolute Gasteiger partial charge is 0.0674 e. The van der Waals surface area contributed by atoms with Gasteiger partial charge in [-0.2, -0.15) is 0 Å². The highest BCUT2D eigenvalue weighted by molar-refractivity contribution is 6.09. The second-order valence-corrected chi connectivity index (χ2v) is 10.8. The van der Waals surface area contributed by atoms with Crippen LogP contribution in [0.2, 0.25) is 0 Å². The third kappa shape index (κ3) is 3.91. The molecule has 1 aromatic heterocycles. The van der Waals surface area contributed by atoms with Gasteiger partial charge in [-0.3, -0.25) is 4.99 Å². The lowest BCUT2D eigenvalue weighted by molar-refractivity contribution is 1.18. The van der Waals surface area contributed by atoms with Crippen LogP contribution in [0.5, 0.6) is 0 Å². The molecule has 0 radical (unpaired) electrons. The quantitative estimate of drug-likeness (QED) is 0.214.